The first-order valence-corrected chi connectivity index (χ1v) is 7.61. The van der Waals surface area contributed by atoms with Crippen molar-refractivity contribution in [1.29, 1.82) is 0 Å². The number of ether oxygens (including phenoxy) is 1. The Morgan fingerprint density at radius 3 is 2.83 bits per heavy atom. The minimum absolute atomic E-state index is 0. The number of fused-ring (bicyclic) bond motifs is 1. The molecule has 6 heteroatoms. The smallest absolute Gasteiger partial charge is 0.225 e. The van der Waals surface area contributed by atoms with Crippen molar-refractivity contribution >= 4 is 29.3 Å². The van der Waals surface area contributed by atoms with E-state index in [2.05, 4.69) is 5.32 Å². The fourth-order valence-corrected chi connectivity index (χ4v) is 2.90. The van der Waals surface area contributed by atoms with Crippen LogP contribution in [0.15, 0.2) is 28.9 Å². The Kier molecular flexibility index (Phi) is 5.22. The zero-order chi connectivity index (χ0) is 15.7. The standard InChI is InChI=1S/C17H22N2O3.ClH/c1-17(10-18,12-3-4-12)19-16(20)7-11-9-22-15-8-13(21-2)5-6-14(11)15;/h5-6,8-9,12H,3-4,7,10,18H2,1-2H3,(H,19,20);1H. The van der Waals surface area contributed by atoms with Gasteiger partial charge in [0.05, 0.1) is 25.3 Å². The van der Waals surface area contributed by atoms with E-state index in [0.717, 1.165) is 35.1 Å². The number of amides is 1. The molecule has 0 bridgehead atoms. The summed E-state index contributed by atoms with van der Waals surface area (Å²) in [6.45, 7) is 2.49. The zero-order valence-electron chi connectivity index (χ0n) is 13.4. The van der Waals surface area contributed by atoms with E-state index in [1.807, 2.05) is 25.1 Å². The molecule has 0 radical (unpaired) electrons. The topological polar surface area (TPSA) is 77.5 Å². The largest absolute Gasteiger partial charge is 0.497 e. The normalized spacial score (nSPS) is 16.5. The Bertz CT molecular complexity index is 696. The molecule has 1 heterocycles. The Morgan fingerprint density at radius 2 is 2.22 bits per heavy atom. The number of carbonyl (C=O) groups is 1. The number of hydrogen-bond donors (Lipinski definition) is 2. The van der Waals surface area contributed by atoms with E-state index in [4.69, 9.17) is 14.9 Å². The second-order valence-corrected chi connectivity index (χ2v) is 6.24. The molecule has 0 saturated heterocycles. The van der Waals surface area contributed by atoms with Crippen LogP contribution in [0.1, 0.15) is 25.3 Å². The van der Waals surface area contributed by atoms with Crippen molar-refractivity contribution in [1.82, 2.24) is 5.32 Å². The van der Waals surface area contributed by atoms with Crippen LogP contribution >= 0.6 is 12.4 Å². The van der Waals surface area contributed by atoms with Crippen LogP contribution in [-0.4, -0.2) is 25.1 Å². The van der Waals surface area contributed by atoms with Crippen LogP contribution in [-0.2, 0) is 11.2 Å². The van der Waals surface area contributed by atoms with Crippen LogP contribution in [0.5, 0.6) is 5.75 Å². The van der Waals surface area contributed by atoms with Gasteiger partial charge < -0.3 is 20.2 Å². The SMILES string of the molecule is COc1ccc2c(CC(=O)NC(C)(CN)C3CC3)coc2c1.Cl. The third kappa shape index (κ3) is 3.62. The monoisotopic (exact) mass is 338 g/mol. The van der Waals surface area contributed by atoms with E-state index in [9.17, 15) is 4.79 Å². The predicted molar refractivity (Wildman–Crippen MR) is 92.0 cm³/mol. The number of rotatable bonds is 6. The molecular weight excluding hydrogens is 316 g/mol. The third-order valence-corrected chi connectivity index (χ3v) is 4.54. The second kappa shape index (κ2) is 6.81. The van der Waals surface area contributed by atoms with Gasteiger partial charge in [-0.1, -0.05) is 0 Å². The summed E-state index contributed by atoms with van der Waals surface area (Å²) in [5.74, 6) is 1.23. The highest BCUT2D eigenvalue weighted by Crippen LogP contribution is 2.39. The molecule has 1 atom stereocenters. The average molecular weight is 339 g/mol. The molecule has 126 valence electrons. The molecule has 0 spiro atoms. The van der Waals surface area contributed by atoms with Gasteiger partial charge in [-0.05, 0) is 37.8 Å². The average Bonchev–Trinajstić information content (AvgIpc) is 3.31. The molecule has 1 aliphatic carbocycles. The summed E-state index contributed by atoms with van der Waals surface area (Å²) in [6.07, 6.45) is 4.22. The first-order chi connectivity index (χ1) is 10.6. The first-order valence-electron chi connectivity index (χ1n) is 7.61. The van der Waals surface area contributed by atoms with Gasteiger partial charge in [-0.3, -0.25) is 4.79 Å². The van der Waals surface area contributed by atoms with Crippen LogP contribution < -0.4 is 15.8 Å². The molecule has 3 rings (SSSR count). The summed E-state index contributed by atoms with van der Waals surface area (Å²) in [7, 11) is 1.62. The van der Waals surface area contributed by atoms with Crippen molar-refractivity contribution in [3.8, 4) is 5.75 Å². The van der Waals surface area contributed by atoms with Gasteiger partial charge >= 0.3 is 0 Å². The van der Waals surface area contributed by atoms with E-state index in [0.29, 0.717) is 18.9 Å². The molecule has 2 aromatic rings. The molecule has 1 fully saturated rings. The summed E-state index contributed by atoms with van der Waals surface area (Å²) in [6, 6.07) is 5.61. The highest BCUT2D eigenvalue weighted by atomic mass is 35.5. The third-order valence-electron chi connectivity index (χ3n) is 4.54. The quantitative estimate of drug-likeness (QED) is 0.848. The van der Waals surface area contributed by atoms with Crippen molar-refractivity contribution in [2.45, 2.75) is 31.7 Å². The molecule has 23 heavy (non-hydrogen) atoms. The predicted octanol–water partition coefficient (Wildman–Crippen LogP) is 2.65. The summed E-state index contributed by atoms with van der Waals surface area (Å²) >= 11 is 0. The van der Waals surface area contributed by atoms with Crippen LogP contribution in [0.4, 0.5) is 0 Å². The lowest BCUT2D eigenvalue weighted by atomic mass is 9.95. The van der Waals surface area contributed by atoms with E-state index in [-0.39, 0.29) is 23.9 Å². The van der Waals surface area contributed by atoms with Crippen LogP contribution in [0.25, 0.3) is 11.0 Å². The number of benzene rings is 1. The van der Waals surface area contributed by atoms with Crippen molar-refractivity contribution < 1.29 is 13.9 Å². The number of methoxy groups -OCH3 is 1. The minimum atomic E-state index is -0.292. The van der Waals surface area contributed by atoms with Gasteiger partial charge in [0.25, 0.3) is 0 Å². The number of nitrogens with two attached hydrogens (primary N) is 1. The lowest BCUT2D eigenvalue weighted by Gasteiger charge is -2.29. The van der Waals surface area contributed by atoms with Crippen LogP contribution in [0.2, 0.25) is 0 Å². The molecule has 1 unspecified atom stereocenters. The molecular formula is C17H23ClN2O3. The molecule has 1 aromatic carbocycles. The number of carbonyl (C=O) groups excluding carboxylic acids is 1. The number of halogens is 1. The van der Waals surface area contributed by atoms with Crippen LogP contribution in [0, 0.1) is 5.92 Å². The van der Waals surface area contributed by atoms with Gasteiger partial charge in [-0.2, -0.15) is 0 Å². The summed E-state index contributed by atoms with van der Waals surface area (Å²) < 4.78 is 10.7. The molecule has 5 nitrogen and oxygen atoms in total. The Morgan fingerprint density at radius 1 is 1.48 bits per heavy atom. The van der Waals surface area contributed by atoms with Crippen molar-refractivity contribution in [3.05, 3.63) is 30.0 Å². The fraction of sp³-hybridized carbons (Fsp3) is 0.471. The molecule has 1 aliphatic rings. The maximum Gasteiger partial charge on any atom is 0.225 e. The maximum atomic E-state index is 12.4. The summed E-state index contributed by atoms with van der Waals surface area (Å²) in [5, 5.41) is 4.04. The zero-order valence-corrected chi connectivity index (χ0v) is 14.2. The van der Waals surface area contributed by atoms with Crippen molar-refractivity contribution in [3.63, 3.8) is 0 Å². The summed E-state index contributed by atoms with van der Waals surface area (Å²) in [5.41, 5.74) is 7.16. The Balaban J connectivity index is 0.00000192. The molecule has 1 amide bonds. The van der Waals surface area contributed by atoms with Crippen molar-refractivity contribution in [2.24, 2.45) is 11.7 Å². The molecule has 1 saturated carbocycles. The lowest BCUT2D eigenvalue weighted by molar-refractivity contribution is -0.122. The van der Waals surface area contributed by atoms with E-state index >= 15 is 0 Å². The Hall–Kier alpha value is -1.72. The summed E-state index contributed by atoms with van der Waals surface area (Å²) in [4.78, 5) is 12.4. The van der Waals surface area contributed by atoms with Gasteiger partial charge in [0, 0.05) is 23.6 Å². The minimum Gasteiger partial charge on any atom is -0.497 e. The number of nitrogens with one attached hydrogen (secondary N) is 1. The molecule has 0 aliphatic heterocycles. The Labute approximate surface area is 142 Å². The number of furan rings is 1. The highest BCUT2D eigenvalue weighted by molar-refractivity contribution is 5.88. The van der Waals surface area contributed by atoms with Gasteiger partial charge in [-0.15, -0.1) is 12.4 Å². The van der Waals surface area contributed by atoms with Crippen molar-refractivity contribution in [2.75, 3.05) is 13.7 Å². The van der Waals surface area contributed by atoms with Gasteiger partial charge in [0.1, 0.15) is 11.3 Å². The lowest BCUT2D eigenvalue weighted by Crippen LogP contribution is -2.53. The highest BCUT2D eigenvalue weighted by Gasteiger charge is 2.41. The first kappa shape index (κ1) is 17.6. The number of hydrogen-bond acceptors (Lipinski definition) is 4. The van der Waals surface area contributed by atoms with E-state index in [1.54, 1.807) is 13.4 Å². The van der Waals surface area contributed by atoms with E-state index < -0.39 is 0 Å². The maximum absolute atomic E-state index is 12.4. The van der Waals surface area contributed by atoms with Gasteiger partial charge in [-0.25, -0.2) is 0 Å². The van der Waals surface area contributed by atoms with Crippen LogP contribution in [0.3, 0.4) is 0 Å². The second-order valence-electron chi connectivity index (χ2n) is 6.24. The van der Waals surface area contributed by atoms with Gasteiger partial charge in [0.15, 0.2) is 0 Å². The molecule has 3 N–H and O–H groups in total. The van der Waals surface area contributed by atoms with E-state index in [1.165, 1.54) is 0 Å². The molecule has 1 aromatic heterocycles. The fourth-order valence-electron chi connectivity index (χ4n) is 2.90. The van der Waals surface area contributed by atoms with Gasteiger partial charge in [0.2, 0.25) is 5.91 Å².